The van der Waals surface area contributed by atoms with Crippen molar-refractivity contribution in [1.82, 2.24) is 10.2 Å². The zero-order valence-electron chi connectivity index (χ0n) is 13.8. The molecule has 5 heteroatoms. The van der Waals surface area contributed by atoms with Crippen LogP contribution in [0.15, 0.2) is 24.3 Å². The first-order valence-electron chi connectivity index (χ1n) is 7.79. The lowest BCUT2D eigenvalue weighted by molar-refractivity contribution is -0.131. The van der Waals surface area contributed by atoms with E-state index in [4.69, 9.17) is 9.47 Å². The summed E-state index contributed by atoms with van der Waals surface area (Å²) in [5.74, 6) is 0.872. The van der Waals surface area contributed by atoms with Crippen LogP contribution in [0.1, 0.15) is 26.3 Å². The van der Waals surface area contributed by atoms with Crippen molar-refractivity contribution in [1.29, 1.82) is 0 Å². The van der Waals surface area contributed by atoms with Crippen molar-refractivity contribution in [3.05, 3.63) is 29.8 Å². The van der Waals surface area contributed by atoms with E-state index in [2.05, 4.69) is 10.2 Å². The summed E-state index contributed by atoms with van der Waals surface area (Å²) < 4.78 is 10.8. The zero-order chi connectivity index (χ0) is 16.1. The predicted molar refractivity (Wildman–Crippen MR) is 85.9 cm³/mol. The van der Waals surface area contributed by atoms with Gasteiger partial charge >= 0.3 is 0 Å². The molecular formula is C17H26N2O3. The topological polar surface area (TPSA) is 50.8 Å². The smallest absolute Gasteiger partial charge is 0.237 e. The Hall–Kier alpha value is -1.59. The lowest BCUT2D eigenvalue weighted by Crippen LogP contribution is -2.53. The molecule has 122 valence electrons. The minimum Gasteiger partial charge on any atom is -0.497 e. The average Bonchev–Trinajstić information content (AvgIpc) is 2.51. The van der Waals surface area contributed by atoms with Crippen molar-refractivity contribution in [2.75, 3.05) is 20.2 Å². The minimum atomic E-state index is -0.146. The van der Waals surface area contributed by atoms with Crippen LogP contribution in [-0.2, 0) is 16.1 Å². The van der Waals surface area contributed by atoms with Gasteiger partial charge in [-0.15, -0.1) is 0 Å². The highest BCUT2D eigenvalue weighted by atomic mass is 16.5. The standard InChI is InChI=1S/C17H26N2O3/c1-12-10-19(11-13(2)22-12)14(3)17(20)18-9-15-5-7-16(21-4)8-6-15/h5-8,12-14H,9-11H2,1-4H3,(H,18,20)/t12-,13-,14+/m1/s1. The SMILES string of the molecule is COc1ccc(CNC(=O)[C@H](C)N2C[C@@H](C)O[C@H](C)C2)cc1. The molecule has 0 aromatic heterocycles. The van der Waals surface area contributed by atoms with Crippen LogP contribution >= 0.6 is 0 Å². The molecule has 1 aromatic carbocycles. The molecule has 22 heavy (non-hydrogen) atoms. The van der Waals surface area contributed by atoms with E-state index in [1.54, 1.807) is 7.11 Å². The van der Waals surface area contributed by atoms with Gasteiger partial charge in [-0.2, -0.15) is 0 Å². The molecule has 0 aliphatic carbocycles. The Morgan fingerprint density at radius 2 is 1.91 bits per heavy atom. The molecule has 1 aromatic rings. The Morgan fingerprint density at radius 1 is 1.32 bits per heavy atom. The van der Waals surface area contributed by atoms with Gasteiger partial charge < -0.3 is 14.8 Å². The highest BCUT2D eigenvalue weighted by Crippen LogP contribution is 2.14. The first-order chi connectivity index (χ1) is 10.5. The lowest BCUT2D eigenvalue weighted by atomic mass is 10.1. The van der Waals surface area contributed by atoms with Crippen molar-refractivity contribution >= 4 is 5.91 Å². The van der Waals surface area contributed by atoms with Gasteiger partial charge in [0.15, 0.2) is 0 Å². The van der Waals surface area contributed by atoms with Gasteiger partial charge in [-0.25, -0.2) is 0 Å². The molecule has 0 spiro atoms. The summed E-state index contributed by atoms with van der Waals surface area (Å²) >= 11 is 0. The van der Waals surface area contributed by atoms with E-state index in [1.807, 2.05) is 45.0 Å². The number of hydrogen-bond acceptors (Lipinski definition) is 4. The van der Waals surface area contributed by atoms with E-state index in [-0.39, 0.29) is 24.2 Å². The maximum Gasteiger partial charge on any atom is 0.237 e. The van der Waals surface area contributed by atoms with E-state index in [0.29, 0.717) is 6.54 Å². The number of benzene rings is 1. The van der Waals surface area contributed by atoms with E-state index in [0.717, 1.165) is 24.4 Å². The number of ether oxygens (including phenoxy) is 2. The molecule has 1 aliphatic heterocycles. The van der Waals surface area contributed by atoms with Crippen molar-refractivity contribution in [3.8, 4) is 5.75 Å². The van der Waals surface area contributed by atoms with Gasteiger partial charge in [0.05, 0.1) is 25.4 Å². The molecule has 3 atom stereocenters. The summed E-state index contributed by atoms with van der Waals surface area (Å²) in [6.07, 6.45) is 0.334. The normalized spacial score (nSPS) is 23.8. The summed E-state index contributed by atoms with van der Waals surface area (Å²) in [5.41, 5.74) is 1.06. The summed E-state index contributed by atoms with van der Waals surface area (Å²) in [5, 5.41) is 3.00. The second kappa shape index (κ2) is 7.61. The molecule has 0 saturated carbocycles. The fourth-order valence-electron chi connectivity index (χ4n) is 2.78. The third kappa shape index (κ3) is 4.45. The fourth-order valence-corrected chi connectivity index (χ4v) is 2.78. The molecule has 0 unspecified atom stereocenters. The molecule has 5 nitrogen and oxygen atoms in total. The molecule has 0 radical (unpaired) electrons. The molecule has 1 saturated heterocycles. The van der Waals surface area contributed by atoms with Crippen molar-refractivity contribution in [2.24, 2.45) is 0 Å². The van der Waals surface area contributed by atoms with Crippen LogP contribution in [0, 0.1) is 0 Å². The van der Waals surface area contributed by atoms with Gasteiger partial charge in [-0.05, 0) is 38.5 Å². The van der Waals surface area contributed by atoms with E-state index >= 15 is 0 Å². The number of methoxy groups -OCH3 is 1. The van der Waals surface area contributed by atoms with Crippen LogP contribution in [0.5, 0.6) is 5.75 Å². The maximum absolute atomic E-state index is 12.3. The van der Waals surface area contributed by atoms with Gasteiger partial charge in [0.2, 0.25) is 5.91 Å². The Balaban J connectivity index is 1.85. The van der Waals surface area contributed by atoms with E-state index < -0.39 is 0 Å². The molecule has 1 fully saturated rings. The first-order valence-corrected chi connectivity index (χ1v) is 7.79. The highest BCUT2D eigenvalue weighted by molar-refractivity contribution is 5.81. The number of carbonyl (C=O) groups excluding carboxylic acids is 1. The number of carbonyl (C=O) groups is 1. The monoisotopic (exact) mass is 306 g/mol. The minimum absolute atomic E-state index is 0.0529. The predicted octanol–water partition coefficient (Wildman–Crippen LogP) is 1.81. The van der Waals surface area contributed by atoms with Gasteiger partial charge in [0.25, 0.3) is 0 Å². The lowest BCUT2D eigenvalue weighted by Gasteiger charge is -2.38. The van der Waals surface area contributed by atoms with E-state index in [9.17, 15) is 4.79 Å². The number of nitrogens with zero attached hydrogens (tertiary/aromatic N) is 1. The first kappa shape index (κ1) is 16.8. The number of amides is 1. The van der Waals surface area contributed by atoms with Crippen LogP contribution in [0.4, 0.5) is 0 Å². The molecule has 2 rings (SSSR count). The zero-order valence-corrected chi connectivity index (χ0v) is 13.8. The van der Waals surface area contributed by atoms with E-state index in [1.165, 1.54) is 0 Å². The van der Waals surface area contributed by atoms with Crippen molar-refractivity contribution < 1.29 is 14.3 Å². The van der Waals surface area contributed by atoms with Gasteiger partial charge in [0.1, 0.15) is 5.75 Å². The molecule has 1 aliphatic rings. The third-order valence-electron chi connectivity index (χ3n) is 4.00. The second-order valence-corrected chi connectivity index (χ2v) is 5.95. The summed E-state index contributed by atoms with van der Waals surface area (Å²) in [6, 6.07) is 7.57. The van der Waals surface area contributed by atoms with Gasteiger partial charge in [-0.1, -0.05) is 12.1 Å². The largest absolute Gasteiger partial charge is 0.497 e. The van der Waals surface area contributed by atoms with Crippen LogP contribution < -0.4 is 10.1 Å². The van der Waals surface area contributed by atoms with Crippen molar-refractivity contribution in [2.45, 2.75) is 45.6 Å². The van der Waals surface area contributed by atoms with Crippen LogP contribution in [0.3, 0.4) is 0 Å². The third-order valence-corrected chi connectivity index (χ3v) is 4.00. The van der Waals surface area contributed by atoms with Gasteiger partial charge in [-0.3, -0.25) is 9.69 Å². The van der Waals surface area contributed by atoms with Gasteiger partial charge in [0, 0.05) is 19.6 Å². The highest BCUT2D eigenvalue weighted by Gasteiger charge is 2.29. The van der Waals surface area contributed by atoms with Crippen LogP contribution in [0.2, 0.25) is 0 Å². The molecular weight excluding hydrogens is 280 g/mol. The summed E-state index contributed by atoms with van der Waals surface area (Å²) in [6.45, 7) is 8.16. The molecule has 0 bridgehead atoms. The summed E-state index contributed by atoms with van der Waals surface area (Å²) in [4.78, 5) is 14.5. The molecule has 1 heterocycles. The Kier molecular flexibility index (Phi) is 5.80. The fraction of sp³-hybridized carbons (Fsp3) is 0.588. The van der Waals surface area contributed by atoms with Crippen LogP contribution in [0.25, 0.3) is 0 Å². The average molecular weight is 306 g/mol. The quantitative estimate of drug-likeness (QED) is 0.901. The maximum atomic E-state index is 12.3. The molecule has 1 amide bonds. The number of nitrogens with one attached hydrogen (secondary N) is 1. The number of morpholine rings is 1. The Morgan fingerprint density at radius 3 is 2.45 bits per heavy atom. The summed E-state index contributed by atoms with van der Waals surface area (Å²) in [7, 11) is 1.64. The van der Waals surface area contributed by atoms with Crippen LogP contribution in [-0.4, -0.2) is 49.3 Å². The second-order valence-electron chi connectivity index (χ2n) is 5.95. The molecule has 1 N–H and O–H groups in total. The Bertz CT molecular complexity index is 479. The Labute approximate surface area is 132 Å². The van der Waals surface area contributed by atoms with Crippen molar-refractivity contribution in [3.63, 3.8) is 0 Å². The number of hydrogen-bond donors (Lipinski definition) is 1. The number of rotatable bonds is 5.